The van der Waals surface area contributed by atoms with Crippen molar-refractivity contribution in [3.63, 3.8) is 0 Å². The highest BCUT2D eigenvalue weighted by Crippen LogP contribution is 2.13. The molecule has 0 aliphatic rings. The van der Waals surface area contributed by atoms with E-state index in [0.717, 1.165) is 18.8 Å². The Balaban J connectivity index is 2.48. The van der Waals surface area contributed by atoms with E-state index < -0.39 is 0 Å². The standard InChI is InChI=1S/C13H21NO/c1-4-5-9-14(2)11-12-7-6-8-13(10-12)15-3/h6-8,10H,4-5,9,11H2,1-3H3. The van der Waals surface area contributed by atoms with Gasteiger partial charge in [-0.15, -0.1) is 0 Å². The van der Waals surface area contributed by atoms with Crippen LogP contribution in [0.2, 0.25) is 0 Å². The quantitative estimate of drug-likeness (QED) is 0.711. The minimum Gasteiger partial charge on any atom is -0.497 e. The number of unbranched alkanes of at least 4 members (excludes halogenated alkanes) is 1. The lowest BCUT2D eigenvalue weighted by molar-refractivity contribution is 0.320. The Morgan fingerprint density at radius 2 is 2.13 bits per heavy atom. The van der Waals surface area contributed by atoms with Gasteiger partial charge in [-0.25, -0.2) is 0 Å². The molecule has 2 nitrogen and oxygen atoms in total. The molecule has 0 spiro atoms. The topological polar surface area (TPSA) is 12.5 Å². The molecule has 0 heterocycles. The van der Waals surface area contributed by atoms with Crippen molar-refractivity contribution < 1.29 is 4.74 Å². The number of nitrogens with zero attached hydrogens (tertiary/aromatic N) is 1. The van der Waals surface area contributed by atoms with E-state index in [1.54, 1.807) is 7.11 Å². The van der Waals surface area contributed by atoms with E-state index in [1.165, 1.54) is 18.4 Å². The van der Waals surface area contributed by atoms with E-state index in [2.05, 4.69) is 31.0 Å². The lowest BCUT2D eigenvalue weighted by Crippen LogP contribution is -2.18. The van der Waals surface area contributed by atoms with E-state index in [1.807, 2.05) is 12.1 Å². The van der Waals surface area contributed by atoms with Crippen LogP contribution in [-0.2, 0) is 6.54 Å². The predicted molar refractivity (Wildman–Crippen MR) is 64.2 cm³/mol. The first-order valence-electron chi connectivity index (χ1n) is 5.57. The fourth-order valence-electron chi connectivity index (χ4n) is 1.59. The summed E-state index contributed by atoms with van der Waals surface area (Å²) in [6.07, 6.45) is 2.52. The van der Waals surface area contributed by atoms with Crippen LogP contribution in [0.3, 0.4) is 0 Å². The molecule has 1 aromatic rings. The highest BCUT2D eigenvalue weighted by Gasteiger charge is 2.00. The Bertz CT molecular complexity index is 286. The Morgan fingerprint density at radius 1 is 1.33 bits per heavy atom. The van der Waals surface area contributed by atoms with Crippen molar-refractivity contribution in [2.75, 3.05) is 20.7 Å². The van der Waals surface area contributed by atoms with E-state index >= 15 is 0 Å². The van der Waals surface area contributed by atoms with Crippen LogP contribution in [-0.4, -0.2) is 25.6 Å². The molecule has 0 unspecified atom stereocenters. The molecule has 84 valence electrons. The van der Waals surface area contributed by atoms with Crippen molar-refractivity contribution in [3.8, 4) is 5.75 Å². The van der Waals surface area contributed by atoms with Crippen LogP contribution in [0.25, 0.3) is 0 Å². The van der Waals surface area contributed by atoms with Gasteiger partial charge < -0.3 is 9.64 Å². The van der Waals surface area contributed by atoms with Gasteiger partial charge in [0.05, 0.1) is 7.11 Å². The van der Waals surface area contributed by atoms with E-state index in [4.69, 9.17) is 4.74 Å². The predicted octanol–water partition coefficient (Wildman–Crippen LogP) is 2.93. The monoisotopic (exact) mass is 207 g/mol. The summed E-state index contributed by atoms with van der Waals surface area (Å²) in [6.45, 7) is 4.38. The molecule has 0 N–H and O–H groups in total. The second-order valence-corrected chi connectivity index (χ2v) is 3.94. The van der Waals surface area contributed by atoms with Crippen LogP contribution in [0.15, 0.2) is 24.3 Å². The molecule has 0 saturated carbocycles. The van der Waals surface area contributed by atoms with Crippen molar-refractivity contribution in [1.29, 1.82) is 0 Å². The van der Waals surface area contributed by atoms with Gasteiger partial charge in [-0.2, -0.15) is 0 Å². The number of methoxy groups -OCH3 is 1. The zero-order valence-electron chi connectivity index (χ0n) is 9.99. The van der Waals surface area contributed by atoms with Gasteiger partial charge in [-0.1, -0.05) is 25.5 Å². The van der Waals surface area contributed by atoms with Crippen molar-refractivity contribution in [3.05, 3.63) is 29.8 Å². The molecule has 0 bridgehead atoms. The molecule has 15 heavy (non-hydrogen) atoms. The first-order valence-corrected chi connectivity index (χ1v) is 5.57. The Hall–Kier alpha value is -1.02. The summed E-state index contributed by atoms with van der Waals surface area (Å²) in [5.41, 5.74) is 1.31. The third-order valence-electron chi connectivity index (χ3n) is 2.48. The highest BCUT2D eigenvalue weighted by atomic mass is 16.5. The summed E-state index contributed by atoms with van der Waals surface area (Å²) >= 11 is 0. The van der Waals surface area contributed by atoms with Gasteiger partial charge in [0.1, 0.15) is 5.75 Å². The summed E-state index contributed by atoms with van der Waals surface area (Å²) in [5.74, 6) is 0.941. The van der Waals surface area contributed by atoms with Crippen LogP contribution < -0.4 is 4.74 Å². The maximum Gasteiger partial charge on any atom is 0.119 e. The lowest BCUT2D eigenvalue weighted by atomic mass is 10.2. The molecule has 2 heteroatoms. The summed E-state index contributed by atoms with van der Waals surface area (Å²) in [5, 5.41) is 0. The first-order chi connectivity index (χ1) is 7.26. The minimum atomic E-state index is 0.941. The Kier molecular flexibility index (Phi) is 5.19. The summed E-state index contributed by atoms with van der Waals surface area (Å²) < 4.78 is 5.20. The van der Waals surface area contributed by atoms with Crippen LogP contribution >= 0.6 is 0 Å². The normalized spacial score (nSPS) is 10.7. The second-order valence-electron chi connectivity index (χ2n) is 3.94. The van der Waals surface area contributed by atoms with E-state index in [-0.39, 0.29) is 0 Å². The number of hydrogen-bond donors (Lipinski definition) is 0. The fourth-order valence-corrected chi connectivity index (χ4v) is 1.59. The van der Waals surface area contributed by atoms with Crippen LogP contribution in [0.5, 0.6) is 5.75 Å². The van der Waals surface area contributed by atoms with Gasteiger partial charge >= 0.3 is 0 Å². The molecule has 1 aromatic carbocycles. The lowest BCUT2D eigenvalue weighted by Gasteiger charge is -2.16. The Labute approximate surface area is 92.9 Å². The van der Waals surface area contributed by atoms with Crippen molar-refractivity contribution in [1.82, 2.24) is 4.90 Å². The maximum absolute atomic E-state index is 5.20. The number of hydrogen-bond acceptors (Lipinski definition) is 2. The summed E-state index contributed by atoms with van der Waals surface area (Å²) in [7, 11) is 3.87. The largest absolute Gasteiger partial charge is 0.497 e. The molecule has 0 aromatic heterocycles. The fraction of sp³-hybridized carbons (Fsp3) is 0.538. The van der Waals surface area contributed by atoms with Crippen molar-refractivity contribution in [2.24, 2.45) is 0 Å². The van der Waals surface area contributed by atoms with Crippen LogP contribution in [0, 0.1) is 0 Å². The molecule has 1 rings (SSSR count). The van der Waals surface area contributed by atoms with Crippen molar-refractivity contribution >= 4 is 0 Å². The minimum absolute atomic E-state index is 0.941. The summed E-state index contributed by atoms with van der Waals surface area (Å²) in [4.78, 5) is 2.35. The number of ether oxygens (including phenoxy) is 1. The number of rotatable bonds is 6. The van der Waals surface area contributed by atoms with Gasteiger partial charge in [0.25, 0.3) is 0 Å². The van der Waals surface area contributed by atoms with E-state index in [9.17, 15) is 0 Å². The Morgan fingerprint density at radius 3 is 2.80 bits per heavy atom. The third-order valence-corrected chi connectivity index (χ3v) is 2.48. The SMILES string of the molecule is CCCCN(C)Cc1cccc(OC)c1. The molecule has 0 atom stereocenters. The first kappa shape index (κ1) is 12.1. The summed E-state index contributed by atoms with van der Waals surface area (Å²) in [6, 6.07) is 8.27. The highest BCUT2D eigenvalue weighted by molar-refractivity contribution is 5.28. The molecule has 0 aliphatic heterocycles. The molecular formula is C13H21NO. The van der Waals surface area contributed by atoms with Gasteiger partial charge in [-0.3, -0.25) is 0 Å². The molecule has 0 radical (unpaired) electrons. The van der Waals surface area contributed by atoms with Gasteiger partial charge in [0, 0.05) is 6.54 Å². The molecule has 0 saturated heterocycles. The van der Waals surface area contributed by atoms with Crippen LogP contribution in [0.1, 0.15) is 25.3 Å². The van der Waals surface area contributed by atoms with Gasteiger partial charge in [0.2, 0.25) is 0 Å². The van der Waals surface area contributed by atoms with Gasteiger partial charge in [0.15, 0.2) is 0 Å². The third kappa shape index (κ3) is 4.34. The van der Waals surface area contributed by atoms with Gasteiger partial charge in [-0.05, 0) is 37.7 Å². The molecule has 0 aliphatic carbocycles. The number of benzene rings is 1. The van der Waals surface area contributed by atoms with E-state index in [0.29, 0.717) is 0 Å². The molecule has 0 fully saturated rings. The molecular weight excluding hydrogens is 186 g/mol. The zero-order chi connectivity index (χ0) is 11.1. The second kappa shape index (κ2) is 6.46. The zero-order valence-corrected chi connectivity index (χ0v) is 9.99. The maximum atomic E-state index is 5.20. The average molecular weight is 207 g/mol. The van der Waals surface area contributed by atoms with Crippen LogP contribution in [0.4, 0.5) is 0 Å². The smallest absolute Gasteiger partial charge is 0.119 e. The average Bonchev–Trinajstić information content (AvgIpc) is 2.26. The van der Waals surface area contributed by atoms with Crippen molar-refractivity contribution in [2.45, 2.75) is 26.3 Å². The molecule has 0 amide bonds.